The van der Waals surface area contributed by atoms with Crippen LogP contribution in [-0.4, -0.2) is 37.8 Å². The molecule has 2 nitrogen and oxygen atoms in total. The van der Waals surface area contributed by atoms with E-state index in [0.29, 0.717) is 5.92 Å². The average molecular weight is 140 g/mol. The summed E-state index contributed by atoms with van der Waals surface area (Å²) in [6.45, 7) is 4.55. The molecular formula is C8H16N2. The van der Waals surface area contributed by atoms with E-state index in [1.54, 1.807) is 0 Å². The number of rotatable bonds is 0. The van der Waals surface area contributed by atoms with E-state index < -0.39 is 0 Å². The van der Waals surface area contributed by atoms with E-state index in [1.165, 1.54) is 18.7 Å². The van der Waals surface area contributed by atoms with Gasteiger partial charge in [0.05, 0.1) is 0 Å². The van der Waals surface area contributed by atoms with Crippen LogP contribution in [0.5, 0.6) is 0 Å². The Kier molecular flexibility index (Phi) is 2.44. The van der Waals surface area contributed by atoms with Crippen LogP contribution in [0, 0.1) is 5.92 Å². The van der Waals surface area contributed by atoms with Gasteiger partial charge < -0.3 is 4.90 Å². The van der Waals surface area contributed by atoms with Crippen molar-refractivity contribution in [3.05, 3.63) is 0 Å². The molecule has 1 fully saturated rings. The van der Waals surface area contributed by atoms with Crippen molar-refractivity contribution in [1.29, 1.82) is 0 Å². The molecule has 2 heteroatoms. The molecule has 0 spiro atoms. The van der Waals surface area contributed by atoms with Crippen molar-refractivity contribution in [2.75, 3.05) is 27.2 Å². The first-order valence-corrected chi connectivity index (χ1v) is 3.88. The smallest absolute Gasteiger partial charge is 0.0363 e. The van der Waals surface area contributed by atoms with Crippen molar-refractivity contribution in [2.24, 2.45) is 10.9 Å². The van der Waals surface area contributed by atoms with Gasteiger partial charge in [0.25, 0.3) is 0 Å². The van der Waals surface area contributed by atoms with Gasteiger partial charge >= 0.3 is 0 Å². The van der Waals surface area contributed by atoms with Crippen molar-refractivity contribution in [1.82, 2.24) is 4.90 Å². The fourth-order valence-corrected chi connectivity index (χ4v) is 1.38. The summed E-state index contributed by atoms with van der Waals surface area (Å²) in [6.07, 6.45) is 1.27. The third-order valence-corrected chi connectivity index (χ3v) is 2.23. The Labute approximate surface area is 62.9 Å². The summed E-state index contributed by atoms with van der Waals surface area (Å²) in [7, 11) is 4.04. The lowest BCUT2D eigenvalue weighted by molar-refractivity contribution is 0.327. The highest BCUT2D eigenvalue weighted by atomic mass is 15.1. The van der Waals surface area contributed by atoms with Crippen molar-refractivity contribution in [3.63, 3.8) is 0 Å². The van der Waals surface area contributed by atoms with E-state index >= 15 is 0 Å². The first-order valence-electron chi connectivity index (χ1n) is 3.88. The van der Waals surface area contributed by atoms with Crippen LogP contribution in [0.2, 0.25) is 0 Å². The van der Waals surface area contributed by atoms with Crippen molar-refractivity contribution >= 4 is 5.71 Å². The van der Waals surface area contributed by atoms with E-state index in [0.717, 1.165) is 6.54 Å². The van der Waals surface area contributed by atoms with Crippen LogP contribution in [0.3, 0.4) is 0 Å². The summed E-state index contributed by atoms with van der Waals surface area (Å²) in [6, 6.07) is 0. The molecule has 0 N–H and O–H groups in total. The molecule has 1 saturated heterocycles. The second kappa shape index (κ2) is 3.15. The van der Waals surface area contributed by atoms with E-state index in [4.69, 9.17) is 0 Å². The Hall–Kier alpha value is -0.370. The van der Waals surface area contributed by atoms with Crippen molar-refractivity contribution in [2.45, 2.75) is 13.3 Å². The van der Waals surface area contributed by atoms with Crippen LogP contribution >= 0.6 is 0 Å². The molecule has 0 aliphatic carbocycles. The normalized spacial score (nSPS) is 33.1. The molecular weight excluding hydrogens is 124 g/mol. The minimum absolute atomic E-state index is 0.709. The molecule has 1 heterocycles. The zero-order valence-electron chi connectivity index (χ0n) is 7.09. The lowest BCUT2D eigenvalue weighted by atomic mass is 9.97. The van der Waals surface area contributed by atoms with Crippen molar-refractivity contribution < 1.29 is 0 Å². The minimum Gasteiger partial charge on any atom is -0.301 e. The predicted molar refractivity (Wildman–Crippen MR) is 44.6 cm³/mol. The van der Waals surface area contributed by atoms with Crippen LogP contribution in [0.1, 0.15) is 13.3 Å². The first-order chi connectivity index (χ1) is 4.74. The molecule has 1 atom stereocenters. The molecule has 0 bridgehead atoms. The van der Waals surface area contributed by atoms with E-state index in [1.807, 2.05) is 7.05 Å². The van der Waals surface area contributed by atoms with E-state index in [2.05, 4.69) is 23.9 Å². The maximum absolute atomic E-state index is 4.25. The second-order valence-corrected chi connectivity index (χ2v) is 3.14. The van der Waals surface area contributed by atoms with Crippen LogP contribution in [0.4, 0.5) is 0 Å². The molecule has 0 aromatic rings. The Balaban J connectivity index is 2.54. The zero-order valence-corrected chi connectivity index (χ0v) is 7.09. The van der Waals surface area contributed by atoms with Crippen LogP contribution in [-0.2, 0) is 0 Å². The van der Waals surface area contributed by atoms with Gasteiger partial charge in [-0.2, -0.15) is 0 Å². The topological polar surface area (TPSA) is 15.6 Å². The Morgan fingerprint density at radius 1 is 1.60 bits per heavy atom. The molecule has 0 radical (unpaired) electrons. The van der Waals surface area contributed by atoms with Crippen LogP contribution in [0.15, 0.2) is 4.99 Å². The second-order valence-electron chi connectivity index (χ2n) is 3.14. The molecule has 0 aromatic heterocycles. The molecule has 1 rings (SSSR count). The third-order valence-electron chi connectivity index (χ3n) is 2.23. The molecule has 58 valence electrons. The first kappa shape index (κ1) is 7.73. The molecule has 0 amide bonds. The highest BCUT2D eigenvalue weighted by Gasteiger charge is 2.17. The Morgan fingerprint density at radius 3 is 2.80 bits per heavy atom. The number of nitrogens with zero attached hydrogens (tertiary/aromatic N) is 2. The number of piperidine rings is 1. The molecule has 1 aliphatic heterocycles. The monoisotopic (exact) mass is 140 g/mol. The largest absolute Gasteiger partial charge is 0.301 e. The summed E-state index contributed by atoms with van der Waals surface area (Å²) in [4.78, 5) is 6.58. The summed E-state index contributed by atoms with van der Waals surface area (Å²) in [5.74, 6) is 0.709. The van der Waals surface area contributed by atoms with Gasteiger partial charge in [-0.15, -0.1) is 0 Å². The van der Waals surface area contributed by atoms with Gasteiger partial charge in [0, 0.05) is 19.3 Å². The maximum Gasteiger partial charge on any atom is 0.0363 e. The average Bonchev–Trinajstić information content (AvgIpc) is 1.94. The fourth-order valence-electron chi connectivity index (χ4n) is 1.38. The highest BCUT2D eigenvalue weighted by Crippen LogP contribution is 2.12. The molecule has 0 saturated carbocycles. The summed E-state index contributed by atoms with van der Waals surface area (Å²) >= 11 is 0. The van der Waals surface area contributed by atoms with Gasteiger partial charge in [-0.1, -0.05) is 6.92 Å². The van der Waals surface area contributed by atoms with Gasteiger partial charge in [-0.3, -0.25) is 4.99 Å². The number of hydrogen-bond acceptors (Lipinski definition) is 2. The Morgan fingerprint density at radius 2 is 2.30 bits per heavy atom. The molecule has 0 aromatic carbocycles. The third kappa shape index (κ3) is 1.57. The molecule has 1 unspecified atom stereocenters. The van der Waals surface area contributed by atoms with Gasteiger partial charge in [0.15, 0.2) is 0 Å². The summed E-state index contributed by atoms with van der Waals surface area (Å²) in [5, 5.41) is 0. The highest BCUT2D eigenvalue weighted by molar-refractivity contribution is 5.88. The van der Waals surface area contributed by atoms with Crippen LogP contribution < -0.4 is 0 Å². The fraction of sp³-hybridized carbons (Fsp3) is 0.875. The quantitative estimate of drug-likeness (QED) is 0.490. The SMILES string of the molecule is CN=C1CN(C)CCC1C. The zero-order chi connectivity index (χ0) is 7.56. The van der Waals surface area contributed by atoms with Gasteiger partial charge in [-0.25, -0.2) is 0 Å². The Bertz CT molecular complexity index is 140. The van der Waals surface area contributed by atoms with E-state index in [-0.39, 0.29) is 0 Å². The standard InChI is InChI=1S/C8H16N2/c1-7-4-5-10(3)6-8(7)9-2/h7H,4-6H2,1-3H3. The van der Waals surface area contributed by atoms with Gasteiger partial charge in [-0.05, 0) is 25.9 Å². The lowest BCUT2D eigenvalue weighted by Gasteiger charge is -2.28. The number of hydrogen-bond donors (Lipinski definition) is 0. The van der Waals surface area contributed by atoms with E-state index in [9.17, 15) is 0 Å². The van der Waals surface area contributed by atoms with Crippen LogP contribution in [0.25, 0.3) is 0 Å². The minimum atomic E-state index is 0.709. The van der Waals surface area contributed by atoms with Gasteiger partial charge in [0.1, 0.15) is 0 Å². The molecule has 1 aliphatic rings. The summed E-state index contributed by atoms with van der Waals surface area (Å²) in [5.41, 5.74) is 1.36. The summed E-state index contributed by atoms with van der Waals surface area (Å²) < 4.78 is 0. The van der Waals surface area contributed by atoms with Crippen molar-refractivity contribution in [3.8, 4) is 0 Å². The predicted octanol–water partition coefficient (Wildman–Crippen LogP) is 1.03. The lowest BCUT2D eigenvalue weighted by Crippen LogP contribution is -2.37. The number of likely N-dealkylation sites (tertiary alicyclic amines) is 1. The molecule has 10 heavy (non-hydrogen) atoms. The van der Waals surface area contributed by atoms with Gasteiger partial charge in [0.2, 0.25) is 0 Å². The number of aliphatic imine (C=N–C) groups is 1. The maximum atomic E-state index is 4.25.